The second-order valence-electron chi connectivity index (χ2n) is 5.56. The van der Waals surface area contributed by atoms with Crippen molar-refractivity contribution in [2.24, 2.45) is 0 Å². The first kappa shape index (κ1) is 19.2. The molecule has 0 fully saturated rings. The average molecular weight is 418 g/mol. The number of carbonyl (C=O) groups is 1. The molecule has 0 aliphatic rings. The molecule has 3 aromatic rings. The van der Waals surface area contributed by atoms with Crippen LogP contribution in [0.2, 0.25) is 10.0 Å². The third kappa shape index (κ3) is 4.81. The van der Waals surface area contributed by atoms with E-state index in [1.165, 1.54) is 10.9 Å². The number of nitrogens with zero attached hydrogens (tertiary/aromatic N) is 4. The first-order valence-corrected chi connectivity index (χ1v) is 8.35. The number of nitrogens with one attached hydrogen (secondary N) is 1. The zero-order valence-electron chi connectivity index (χ0n) is 13.5. The van der Waals surface area contributed by atoms with Crippen LogP contribution in [-0.2, 0) is 24.1 Å². The van der Waals surface area contributed by atoms with E-state index in [0.717, 1.165) is 22.5 Å². The molecular weight excluding hydrogens is 406 g/mol. The van der Waals surface area contributed by atoms with Crippen molar-refractivity contribution in [2.45, 2.75) is 19.3 Å². The minimum Gasteiger partial charge on any atom is -0.306 e. The molecule has 27 heavy (non-hydrogen) atoms. The predicted octanol–water partition coefficient (Wildman–Crippen LogP) is 4.09. The molecule has 1 N–H and O–H groups in total. The van der Waals surface area contributed by atoms with Crippen LogP contribution in [0.1, 0.15) is 11.3 Å². The van der Waals surface area contributed by atoms with Gasteiger partial charge in [0.1, 0.15) is 11.6 Å². The first-order chi connectivity index (χ1) is 12.7. The molecule has 0 saturated carbocycles. The molecule has 11 heteroatoms. The lowest BCUT2D eigenvalue weighted by Gasteiger charge is -2.05. The summed E-state index contributed by atoms with van der Waals surface area (Å²) < 4.78 is 40.0. The second-order valence-corrected chi connectivity index (χ2v) is 6.37. The highest BCUT2D eigenvalue weighted by Gasteiger charge is 2.33. The molecule has 0 radical (unpaired) electrons. The van der Waals surface area contributed by atoms with E-state index in [1.807, 2.05) is 12.1 Å². The van der Waals surface area contributed by atoms with E-state index in [2.05, 4.69) is 15.5 Å². The molecule has 0 bridgehead atoms. The van der Waals surface area contributed by atoms with Gasteiger partial charge in [-0.2, -0.15) is 23.4 Å². The van der Waals surface area contributed by atoms with Crippen LogP contribution >= 0.6 is 23.2 Å². The van der Waals surface area contributed by atoms with Crippen LogP contribution in [0.4, 0.5) is 19.0 Å². The minimum absolute atomic E-state index is 0.0944. The summed E-state index contributed by atoms with van der Waals surface area (Å²) in [5.41, 5.74) is -0.259. The monoisotopic (exact) mass is 417 g/mol. The zero-order chi connectivity index (χ0) is 19.6. The Balaban J connectivity index is 1.65. The molecule has 3 rings (SSSR count). The predicted molar refractivity (Wildman–Crippen MR) is 93.6 cm³/mol. The van der Waals surface area contributed by atoms with E-state index in [9.17, 15) is 18.0 Å². The fraction of sp³-hybridized carbons (Fsp3) is 0.188. The Bertz CT molecular complexity index is 967. The summed E-state index contributed by atoms with van der Waals surface area (Å²) in [5.74, 6) is -0.520. The summed E-state index contributed by atoms with van der Waals surface area (Å²) in [6.45, 7) is -0.0762. The lowest BCUT2D eigenvalue weighted by atomic mass is 10.2. The van der Waals surface area contributed by atoms with Gasteiger partial charge < -0.3 is 5.32 Å². The van der Waals surface area contributed by atoms with E-state index < -0.39 is 24.3 Å². The van der Waals surface area contributed by atoms with Gasteiger partial charge in [-0.25, -0.2) is 0 Å². The highest BCUT2D eigenvalue weighted by atomic mass is 35.5. The summed E-state index contributed by atoms with van der Waals surface area (Å²) in [6, 6.07) is 7.98. The lowest BCUT2D eigenvalue weighted by molar-refractivity contribution is -0.141. The van der Waals surface area contributed by atoms with Crippen molar-refractivity contribution in [1.82, 2.24) is 19.6 Å². The number of rotatable bonds is 5. The van der Waals surface area contributed by atoms with Gasteiger partial charge in [-0.05, 0) is 17.7 Å². The SMILES string of the molecule is O=C(Cn1ccc(C(F)(F)F)n1)Nc1nn(Cc2ccccc2Cl)cc1Cl. The van der Waals surface area contributed by atoms with E-state index in [4.69, 9.17) is 23.2 Å². The molecule has 0 unspecified atom stereocenters. The maximum absolute atomic E-state index is 12.5. The van der Waals surface area contributed by atoms with Gasteiger partial charge in [-0.3, -0.25) is 14.2 Å². The highest BCUT2D eigenvalue weighted by Crippen LogP contribution is 2.27. The van der Waals surface area contributed by atoms with Crippen LogP contribution in [0.3, 0.4) is 0 Å². The van der Waals surface area contributed by atoms with Gasteiger partial charge in [-0.15, -0.1) is 0 Å². The summed E-state index contributed by atoms with van der Waals surface area (Å²) in [5, 5.41) is 10.7. The molecule has 0 spiro atoms. The largest absolute Gasteiger partial charge is 0.435 e. The summed E-state index contributed by atoms with van der Waals surface area (Å²) in [7, 11) is 0. The Hall–Kier alpha value is -2.52. The van der Waals surface area contributed by atoms with Crippen LogP contribution in [0.5, 0.6) is 0 Å². The fourth-order valence-corrected chi connectivity index (χ4v) is 2.68. The molecule has 1 amide bonds. The third-order valence-electron chi connectivity index (χ3n) is 3.50. The molecular formula is C16H12Cl2F3N5O. The maximum atomic E-state index is 12.5. The number of benzene rings is 1. The Labute approximate surface area is 161 Å². The van der Waals surface area contributed by atoms with Crippen LogP contribution in [0, 0.1) is 0 Å². The Morgan fingerprint density at radius 2 is 1.81 bits per heavy atom. The van der Waals surface area contributed by atoms with Gasteiger partial charge in [0.15, 0.2) is 11.5 Å². The minimum atomic E-state index is -4.57. The highest BCUT2D eigenvalue weighted by molar-refractivity contribution is 6.33. The van der Waals surface area contributed by atoms with Crippen molar-refractivity contribution in [2.75, 3.05) is 5.32 Å². The molecule has 0 saturated heterocycles. The van der Waals surface area contributed by atoms with Crippen molar-refractivity contribution in [3.63, 3.8) is 0 Å². The standard InChI is InChI=1S/C16H12Cl2F3N5O/c17-11-4-2-1-3-10(11)7-26-8-12(18)15(24-26)22-14(27)9-25-6-5-13(23-25)16(19,20)21/h1-6,8H,7,9H2,(H,22,24,27). The van der Waals surface area contributed by atoms with Gasteiger partial charge >= 0.3 is 6.18 Å². The van der Waals surface area contributed by atoms with Crippen molar-refractivity contribution in [3.8, 4) is 0 Å². The van der Waals surface area contributed by atoms with Crippen LogP contribution in [-0.4, -0.2) is 25.5 Å². The van der Waals surface area contributed by atoms with E-state index in [-0.39, 0.29) is 10.8 Å². The molecule has 1 aromatic carbocycles. The summed E-state index contributed by atoms with van der Waals surface area (Å²) in [4.78, 5) is 12.0. The number of alkyl halides is 3. The number of amides is 1. The number of aromatic nitrogens is 4. The van der Waals surface area contributed by atoms with Gasteiger partial charge in [0.25, 0.3) is 0 Å². The molecule has 142 valence electrons. The Morgan fingerprint density at radius 3 is 2.48 bits per heavy atom. The van der Waals surface area contributed by atoms with Crippen molar-refractivity contribution in [1.29, 1.82) is 0 Å². The zero-order valence-corrected chi connectivity index (χ0v) is 15.1. The topological polar surface area (TPSA) is 64.7 Å². The number of hydrogen-bond donors (Lipinski definition) is 1. The molecule has 6 nitrogen and oxygen atoms in total. The van der Waals surface area contributed by atoms with Gasteiger partial charge in [-0.1, -0.05) is 41.4 Å². The van der Waals surface area contributed by atoms with Crippen LogP contribution < -0.4 is 5.32 Å². The van der Waals surface area contributed by atoms with Gasteiger partial charge in [0, 0.05) is 17.4 Å². The summed E-state index contributed by atoms with van der Waals surface area (Å²) in [6.07, 6.45) is -1.99. The van der Waals surface area contributed by atoms with Crippen LogP contribution in [0.15, 0.2) is 42.7 Å². The molecule has 0 aliphatic heterocycles. The number of hydrogen-bond acceptors (Lipinski definition) is 3. The lowest BCUT2D eigenvalue weighted by Crippen LogP contribution is -2.20. The summed E-state index contributed by atoms with van der Waals surface area (Å²) >= 11 is 12.2. The van der Waals surface area contributed by atoms with E-state index >= 15 is 0 Å². The molecule has 2 heterocycles. The molecule has 2 aromatic heterocycles. The van der Waals surface area contributed by atoms with Crippen molar-refractivity contribution in [3.05, 3.63) is 64.0 Å². The van der Waals surface area contributed by atoms with Crippen LogP contribution in [0.25, 0.3) is 0 Å². The quantitative estimate of drug-likeness (QED) is 0.679. The number of halogens is 5. The van der Waals surface area contributed by atoms with Gasteiger partial charge in [0.05, 0.1) is 6.54 Å². The van der Waals surface area contributed by atoms with Crippen molar-refractivity contribution >= 4 is 34.9 Å². The number of anilines is 1. The first-order valence-electron chi connectivity index (χ1n) is 7.59. The number of carbonyl (C=O) groups excluding carboxylic acids is 1. The van der Waals surface area contributed by atoms with Crippen molar-refractivity contribution < 1.29 is 18.0 Å². The second kappa shape index (κ2) is 7.61. The third-order valence-corrected chi connectivity index (χ3v) is 4.15. The molecule has 0 atom stereocenters. The Morgan fingerprint density at radius 1 is 1.07 bits per heavy atom. The average Bonchev–Trinajstić information content (AvgIpc) is 3.17. The Kier molecular flexibility index (Phi) is 5.43. The maximum Gasteiger partial charge on any atom is 0.435 e. The fourth-order valence-electron chi connectivity index (χ4n) is 2.28. The smallest absolute Gasteiger partial charge is 0.306 e. The van der Waals surface area contributed by atoms with Gasteiger partial charge in [0.2, 0.25) is 5.91 Å². The van der Waals surface area contributed by atoms with E-state index in [0.29, 0.717) is 11.6 Å². The molecule has 0 aliphatic carbocycles. The normalized spacial score (nSPS) is 11.6. The van der Waals surface area contributed by atoms with E-state index in [1.54, 1.807) is 12.1 Å².